The van der Waals surface area contributed by atoms with Gasteiger partial charge in [0.1, 0.15) is 29.8 Å². The van der Waals surface area contributed by atoms with Gasteiger partial charge in [-0.3, -0.25) is 24.0 Å². The van der Waals surface area contributed by atoms with Crippen molar-refractivity contribution >= 4 is 29.8 Å². The van der Waals surface area contributed by atoms with E-state index in [0.717, 1.165) is 22.3 Å². The summed E-state index contributed by atoms with van der Waals surface area (Å²) >= 11 is 0. The van der Waals surface area contributed by atoms with E-state index in [4.69, 9.17) is 24.2 Å². The van der Waals surface area contributed by atoms with Crippen LogP contribution in [0.25, 0.3) is 6.08 Å². The van der Waals surface area contributed by atoms with Crippen LogP contribution in [0.1, 0.15) is 35.1 Å². The lowest BCUT2D eigenvalue weighted by Gasteiger charge is -2.48. The minimum absolute atomic E-state index is 0.00594. The second-order valence-corrected chi connectivity index (χ2v) is 13.3. The van der Waals surface area contributed by atoms with Gasteiger partial charge < -0.3 is 34.9 Å². The van der Waals surface area contributed by atoms with E-state index in [0.29, 0.717) is 12.8 Å². The third-order valence-corrected chi connectivity index (χ3v) is 10.0. The molecule has 3 aliphatic heterocycles. The van der Waals surface area contributed by atoms with Gasteiger partial charge in [0.05, 0.1) is 13.2 Å². The molecule has 3 N–H and O–H groups in total. The van der Waals surface area contributed by atoms with E-state index in [1.165, 1.54) is 16.0 Å². The quantitative estimate of drug-likeness (QED) is 0.242. The van der Waals surface area contributed by atoms with Gasteiger partial charge in [0.2, 0.25) is 17.7 Å². The van der Waals surface area contributed by atoms with Gasteiger partial charge in [-0.15, -0.1) is 0 Å². The molecule has 2 aliphatic carbocycles. The Morgan fingerprint density at radius 1 is 1.00 bits per heavy atom. The first-order valence-electron chi connectivity index (χ1n) is 16.3. The number of nitrogens with one attached hydrogen (secondary N) is 2. The van der Waals surface area contributed by atoms with E-state index >= 15 is 0 Å². The van der Waals surface area contributed by atoms with E-state index in [2.05, 4.69) is 10.6 Å². The molecular formula is C35H40N4O9. The van der Waals surface area contributed by atoms with Crippen molar-refractivity contribution in [2.75, 3.05) is 33.8 Å². The maximum Gasteiger partial charge on any atom is 0.327 e. The monoisotopic (exact) mass is 660 g/mol. The molecule has 2 bridgehead atoms. The van der Waals surface area contributed by atoms with Gasteiger partial charge >= 0.3 is 5.97 Å². The molecule has 2 aromatic carbocycles. The second-order valence-electron chi connectivity index (χ2n) is 13.3. The van der Waals surface area contributed by atoms with Gasteiger partial charge in [-0.05, 0) is 28.3 Å². The van der Waals surface area contributed by atoms with E-state index in [1.54, 1.807) is 20.2 Å². The van der Waals surface area contributed by atoms with Crippen LogP contribution in [0, 0.1) is 5.41 Å². The molecule has 7 rings (SSSR count). The summed E-state index contributed by atoms with van der Waals surface area (Å²) < 4.78 is 19.5. The largest absolute Gasteiger partial charge is 0.458 e. The maximum absolute atomic E-state index is 14.4. The number of fused-ring (bicyclic) bond motifs is 5. The number of rotatable bonds is 10. The molecule has 3 heterocycles. The van der Waals surface area contributed by atoms with Crippen molar-refractivity contribution in [1.29, 1.82) is 0 Å². The predicted molar refractivity (Wildman–Crippen MR) is 169 cm³/mol. The molecule has 1 saturated carbocycles. The van der Waals surface area contributed by atoms with Crippen molar-refractivity contribution in [3.8, 4) is 0 Å². The Morgan fingerprint density at radius 2 is 1.71 bits per heavy atom. The Kier molecular flexibility index (Phi) is 8.58. The molecule has 48 heavy (non-hydrogen) atoms. The molecule has 0 aromatic heterocycles. The highest BCUT2D eigenvalue weighted by molar-refractivity contribution is 5.94. The number of benzene rings is 2. The Balaban J connectivity index is 1.20. The van der Waals surface area contributed by atoms with Crippen LogP contribution in [0.3, 0.4) is 0 Å². The molecule has 5 aliphatic rings. The number of aliphatic hydroxyl groups excluding tert-OH is 1. The number of hydrogen-bond donors (Lipinski definition) is 3. The van der Waals surface area contributed by atoms with Crippen molar-refractivity contribution < 1.29 is 43.3 Å². The lowest BCUT2D eigenvalue weighted by atomic mass is 9.62. The predicted octanol–water partition coefficient (Wildman–Crippen LogP) is 0.482. The van der Waals surface area contributed by atoms with Crippen LogP contribution < -0.4 is 10.6 Å². The van der Waals surface area contributed by atoms with E-state index in [-0.39, 0.29) is 50.9 Å². The van der Waals surface area contributed by atoms with Gasteiger partial charge in [0, 0.05) is 58.9 Å². The van der Waals surface area contributed by atoms with Crippen molar-refractivity contribution in [3.05, 3.63) is 76.9 Å². The molecule has 254 valence electrons. The first kappa shape index (κ1) is 32.4. The molecule has 3 amide bonds. The van der Waals surface area contributed by atoms with Crippen molar-refractivity contribution in [2.24, 2.45) is 5.41 Å². The lowest BCUT2D eigenvalue weighted by Crippen LogP contribution is -2.69. The molecule has 3 saturated heterocycles. The number of aliphatic hydroxyl groups is 1. The number of nitrogens with zero attached hydrogens (tertiary/aromatic N) is 2. The molecule has 0 unspecified atom stereocenters. The van der Waals surface area contributed by atoms with Crippen LogP contribution in [0.5, 0.6) is 0 Å². The Morgan fingerprint density at radius 3 is 2.44 bits per heavy atom. The summed E-state index contributed by atoms with van der Waals surface area (Å²) in [5, 5.41) is 16.0. The third-order valence-electron chi connectivity index (χ3n) is 10.0. The fraction of sp³-hybridized carbons (Fsp3) is 0.486. The number of hydroxylamine groups is 2. The molecule has 2 aromatic rings. The number of esters is 1. The highest BCUT2D eigenvalue weighted by Crippen LogP contribution is 2.58. The van der Waals surface area contributed by atoms with E-state index in [9.17, 15) is 19.2 Å². The fourth-order valence-electron chi connectivity index (χ4n) is 7.82. The smallest absolute Gasteiger partial charge is 0.327 e. The molecular weight excluding hydrogens is 620 g/mol. The van der Waals surface area contributed by atoms with Crippen molar-refractivity contribution in [2.45, 2.75) is 68.5 Å². The summed E-state index contributed by atoms with van der Waals surface area (Å²) in [6.07, 6.45) is 1.38. The first-order chi connectivity index (χ1) is 23.1. The van der Waals surface area contributed by atoms with Crippen LogP contribution >= 0.6 is 0 Å². The Hall–Kier alpha value is -4.14. The lowest BCUT2D eigenvalue weighted by molar-refractivity contribution is -0.217. The normalized spacial score (nSPS) is 29.4. The highest BCUT2D eigenvalue weighted by Gasteiger charge is 2.76. The van der Waals surface area contributed by atoms with Crippen molar-refractivity contribution in [1.82, 2.24) is 20.6 Å². The highest BCUT2D eigenvalue weighted by atomic mass is 16.8. The molecule has 13 nitrogen and oxygen atoms in total. The Labute approximate surface area is 278 Å². The van der Waals surface area contributed by atoms with Crippen LogP contribution in [-0.4, -0.2) is 109 Å². The summed E-state index contributed by atoms with van der Waals surface area (Å²) in [6, 6.07) is 14.4. The van der Waals surface area contributed by atoms with E-state index < -0.39 is 53.5 Å². The molecule has 4 fully saturated rings. The number of likely N-dealkylation sites (N-methyl/N-ethyl adjacent to an activating group) is 1. The summed E-state index contributed by atoms with van der Waals surface area (Å²) in [7, 11) is 3.34. The fourth-order valence-corrected chi connectivity index (χ4v) is 7.82. The number of amides is 3. The van der Waals surface area contributed by atoms with E-state index in [1.807, 2.05) is 48.5 Å². The topological polar surface area (TPSA) is 156 Å². The average Bonchev–Trinajstić information content (AvgIpc) is 3.74. The van der Waals surface area contributed by atoms with Crippen LogP contribution in [0.2, 0.25) is 0 Å². The van der Waals surface area contributed by atoms with Gasteiger partial charge in [-0.2, -0.15) is 5.06 Å². The van der Waals surface area contributed by atoms with Crippen LogP contribution in [0.4, 0.5) is 0 Å². The number of hydrogen-bond acceptors (Lipinski definition) is 10. The third kappa shape index (κ3) is 5.59. The summed E-state index contributed by atoms with van der Waals surface area (Å²) in [5.74, 6) is -2.51. The summed E-state index contributed by atoms with van der Waals surface area (Å²) in [6.45, 7) is 0.0623. The summed E-state index contributed by atoms with van der Waals surface area (Å²) in [5.41, 5.74) is 2.36. The first-order valence-corrected chi connectivity index (χ1v) is 16.3. The van der Waals surface area contributed by atoms with Gasteiger partial charge in [0.25, 0.3) is 0 Å². The molecule has 1 spiro atoms. The van der Waals surface area contributed by atoms with Gasteiger partial charge in [0.15, 0.2) is 11.8 Å². The minimum Gasteiger partial charge on any atom is -0.458 e. The van der Waals surface area contributed by atoms with Crippen LogP contribution in [-0.2, 0) is 57.6 Å². The number of ether oxygens (including phenoxy) is 3. The zero-order chi connectivity index (χ0) is 33.6. The Bertz CT molecular complexity index is 1620. The molecule has 6 atom stereocenters. The molecule has 13 heteroatoms. The zero-order valence-electron chi connectivity index (χ0n) is 26.9. The zero-order valence-corrected chi connectivity index (χ0v) is 26.9. The average molecular weight is 661 g/mol. The number of carbonyl (C=O) groups excluding carboxylic acids is 4. The van der Waals surface area contributed by atoms with Gasteiger partial charge in [-0.25, -0.2) is 0 Å². The molecule has 0 radical (unpaired) electrons. The SMILES string of the molecule is CN(C)C(=O)C=Cc1ccccc1CN1O[C@@H]2[C@H]3OC4(Cc5ccccc5C4)O[C@H]3[C@@H]3C[C@]2(C(=O)NCCC(=O)NCCO)[C@@H]1C(=O)O3. The number of carbonyl (C=O) groups is 4. The van der Waals surface area contributed by atoms with Crippen LogP contribution in [0.15, 0.2) is 54.6 Å². The summed E-state index contributed by atoms with van der Waals surface area (Å²) in [4.78, 5) is 61.0. The van der Waals surface area contributed by atoms with Gasteiger partial charge in [-0.1, -0.05) is 48.5 Å². The maximum atomic E-state index is 14.4. The second kappa shape index (κ2) is 12.7. The standard InChI is InChI=1S/C35H40N4O9/c1-38(2)27(42)12-11-21-7-3-6-10-24(21)20-39-30-32(43)45-25-19-35(30,33(44)37-14-13-26(41)36-15-16-40)31(48-39)29-28(25)46-34(47-29)17-22-8-4-5-9-23(22)18-34/h3-12,25,28-31,40H,13-20H2,1-2H3,(H,36,41)(H,37,44)/t25-,28-,29-,30-,31+,35-/m0/s1. The van der Waals surface area contributed by atoms with Crippen molar-refractivity contribution in [3.63, 3.8) is 0 Å². The minimum atomic E-state index is -1.39.